The Kier molecular flexibility index (Phi) is 4.04. The Morgan fingerprint density at radius 1 is 1.12 bits per heavy atom. The van der Waals surface area contributed by atoms with Gasteiger partial charge in [-0.05, 0) is 48.2 Å². The third kappa shape index (κ3) is 2.85. The van der Waals surface area contributed by atoms with Crippen molar-refractivity contribution in [3.05, 3.63) is 71.3 Å². The first-order chi connectivity index (χ1) is 15.6. The number of pyridine rings is 1. The summed E-state index contributed by atoms with van der Waals surface area (Å²) in [6.07, 6.45) is 3.42. The number of nitrogens with zero attached hydrogens (tertiary/aromatic N) is 1. The number of hydrogen-bond acceptors (Lipinski definition) is 4. The predicted molar refractivity (Wildman–Crippen MR) is 123 cm³/mol. The van der Waals surface area contributed by atoms with E-state index in [1.807, 2.05) is 37.3 Å². The molecule has 2 aliphatic rings. The highest BCUT2D eigenvalue weighted by Crippen LogP contribution is 2.41. The lowest BCUT2D eigenvalue weighted by Gasteiger charge is -2.21. The molecular formula is C25H19FN4O2. The van der Waals surface area contributed by atoms with Gasteiger partial charge in [-0.2, -0.15) is 0 Å². The maximum atomic E-state index is 15.1. The van der Waals surface area contributed by atoms with Gasteiger partial charge >= 0.3 is 0 Å². The van der Waals surface area contributed by atoms with Crippen LogP contribution in [0.1, 0.15) is 16.8 Å². The number of carbonyl (C=O) groups excluding carboxylic acids is 1. The van der Waals surface area contributed by atoms with Gasteiger partial charge in [-0.15, -0.1) is 0 Å². The molecule has 0 radical (unpaired) electrons. The van der Waals surface area contributed by atoms with Crippen LogP contribution in [0.3, 0.4) is 0 Å². The molecule has 2 aromatic heterocycles. The van der Waals surface area contributed by atoms with E-state index in [1.54, 1.807) is 18.3 Å². The molecule has 2 aromatic carbocycles. The van der Waals surface area contributed by atoms with Gasteiger partial charge in [0.2, 0.25) is 5.88 Å². The Labute approximate surface area is 183 Å². The molecule has 32 heavy (non-hydrogen) atoms. The predicted octanol–water partition coefficient (Wildman–Crippen LogP) is 4.97. The van der Waals surface area contributed by atoms with Crippen LogP contribution in [-0.2, 0) is 4.79 Å². The number of fused-ring (bicyclic) bond motifs is 3. The number of amides is 1. The minimum absolute atomic E-state index is 0.259. The maximum absolute atomic E-state index is 15.1. The summed E-state index contributed by atoms with van der Waals surface area (Å²) in [6.45, 7) is 3.12. The molecular weight excluding hydrogens is 407 g/mol. The van der Waals surface area contributed by atoms with Crippen LogP contribution in [0, 0.1) is 12.7 Å². The van der Waals surface area contributed by atoms with Gasteiger partial charge in [0, 0.05) is 40.6 Å². The molecule has 2 aliphatic heterocycles. The molecule has 3 N–H and O–H groups in total. The first-order valence-electron chi connectivity index (χ1n) is 10.4. The molecule has 7 heteroatoms. The van der Waals surface area contributed by atoms with E-state index >= 15 is 4.39 Å². The van der Waals surface area contributed by atoms with Crippen LogP contribution in [0.25, 0.3) is 33.7 Å². The van der Waals surface area contributed by atoms with Crippen LogP contribution in [0.15, 0.2) is 48.7 Å². The van der Waals surface area contributed by atoms with Gasteiger partial charge in [-0.1, -0.05) is 18.2 Å². The number of benzene rings is 2. The highest BCUT2D eigenvalue weighted by Gasteiger charge is 2.28. The minimum atomic E-state index is -0.419. The highest BCUT2D eigenvalue weighted by molar-refractivity contribution is 6.35. The Morgan fingerprint density at radius 3 is 2.88 bits per heavy atom. The average molecular weight is 426 g/mol. The van der Waals surface area contributed by atoms with Crippen molar-refractivity contribution in [3.8, 4) is 17.0 Å². The lowest BCUT2D eigenvalue weighted by molar-refractivity contribution is -0.110. The van der Waals surface area contributed by atoms with Crippen molar-refractivity contribution in [2.75, 3.05) is 23.8 Å². The van der Waals surface area contributed by atoms with Gasteiger partial charge in [0.05, 0.1) is 11.3 Å². The number of carbonyl (C=O) groups is 1. The second kappa shape index (κ2) is 6.95. The van der Waals surface area contributed by atoms with E-state index in [4.69, 9.17) is 4.74 Å². The summed E-state index contributed by atoms with van der Waals surface area (Å²) < 4.78 is 20.7. The molecule has 6 nitrogen and oxygen atoms in total. The van der Waals surface area contributed by atoms with Crippen molar-refractivity contribution >= 4 is 39.8 Å². The Hall–Kier alpha value is -4.13. The van der Waals surface area contributed by atoms with Crippen molar-refractivity contribution in [3.63, 3.8) is 0 Å². The molecule has 1 amide bonds. The van der Waals surface area contributed by atoms with Crippen LogP contribution in [0.4, 0.5) is 15.8 Å². The van der Waals surface area contributed by atoms with Crippen molar-refractivity contribution in [1.82, 2.24) is 9.97 Å². The van der Waals surface area contributed by atoms with E-state index in [0.29, 0.717) is 47.0 Å². The quantitative estimate of drug-likeness (QED) is 0.395. The lowest BCUT2D eigenvalue weighted by Crippen LogP contribution is -2.20. The van der Waals surface area contributed by atoms with Crippen molar-refractivity contribution < 1.29 is 13.9 Å². The fraction of sp³-hybridized carbons (Fsp3) is 0.120. The van der Waals surface area contributed by atoms with Gasteiger partial charge in [-0.25, -0.2) is 9.37 Å². The fourth-order valence-electron chi connectivity index (χ4n) is 4.38. The summed E-state index contributed by atoms with van der Waals surface area (Å²) in [6, 6.07) is 13.0. The summed E-state index contributed by atoms with van der Waals surface area (Å²) >= 11 is 0. The second-order valence-corrected chi connectivity index (χ2v) is 7.95. The van der Waals surface area contributed by atoms with Crippen molar-refractivity contribution in [2.24, 2.45) is 0 Å². The van der Waals surface area contributed by atoms with Crippen LogP contribution >= 0.6 is 0 Å². The van der Waals surface area contributed by atoms with Crippen molar-refractivity contribution in [2.45, 2.75) is 6.92 Å². The van der Waals surface area contributed by atoms with E-state index in [-0.39, 0.29) is 5.91 Å². The molecule has 0 saturated carbocycles. The van der Waals surface area contributed by atoms with Gasteiger partial charge in [-0.3, -0.25) is 4.79 Å². The number of hydrogen-bond donors (Lipinski definition) is 3. The molecule has 0 atom stereocenters. The normalized spacial score (nSPS) is 15.8. The summed E-state index contributed by atoms with van der Waals surface area (Å²) in [5, 5.41) is 7.12. The summed E-state index contributed by atoms with van der Waals surface area (Å²) in [7, 11) is 0. The number of aromatic nitrogens is 2. The van der Waals surface area contributed by atoms with Gasteiger partial charge in [0.1, 0.15) is 18.1 Å². The first kappa shape index (κ1) is 18.6. The molecule has 6 rings (SSSR count). The minimum Gasteiger partial charge on any atom is -0.474 e. The monoisotopic (exact) mass is 426 g/mol. The SMILES string of the molecule is Cc1c(-c2cc3c(cc2F)NC(=O)C3=Cc2cc3ccccc3[nH]2)cnc2c1NCCO2. The molecule has 4 heterocycles. The molecule has 0 bridgehead atoms. The number of aromatic amines is 1. The zero-order valence-corrected chi connectivity index (χ0v) is 17.3. The van der Waals surface area contributed by atoms with Crippen LogP contribution in [-0.4, -0.2) is 29.0 Å². The standard InChI is InChI=1S/C25H19FN4O2/c1-13-19(12-28-25-23(13)27-6-7-32-25)16-10-17-18(24(31)30-22(17)11-20(16)26)9-15-8-14-4-2-3-5-21(14)29-15/h2-5,8-12,27,29H,6-7H2,1H3,(H,30,31). The molecule has 0 saturated heterocycles. The van der Waals surface area contributed by atoms with Crippen LogP contribution < -0.4 is 15.4 Å². The molecule has 0 unspecified atom stereocenters. The van der Waals surface area contributed by atoms with Gasteiger partial charge in [0.15, 0.2) is 0 Å². The second-order valence-electron chi connectivity index (χ2n) is 7.95. The summed E-state index contributed by atoms with van der Waals surface area (Å²) in [4.78, 5) is 20.4. The number of para-hydroxylation sites is 1. The number of H-pyrrole nitrogens is 1. The first-order valence-corrected chi connectivity index (χ1v) is 10.4. The smallest absolute Gasteiger partial charge is 0.256 e. The molecule has 0 spiro atoms. The van der Waals surface area contributed by atoms with Crippen LogP contribution in [0.2, 0.25) is 0 Å². The van der Waals surface area contributed by atoms with Gasteiger partial charge < -0.3 is 20.4 Å². The Bertz CT molecular complexity index is 1420. The van der Waals surface area contributed by atoms with Crippen LogP contribution in [0.5, 0.6) is 5.88 Å². The topological polar surface area (TPSA) is 79.0 Å². The maximum Gasteiger partial charge on any atom is 0.256 e. The number of rotatable bonds is 2. The number of nitrogens with one attached hydrogen (secondary N) is 3. The van der Waals surface area contributed by atoms with Crippen molar-refractivity contribution in [1.29, 1.82) is 0 Å². The number of halogens is 1. The third-order valence-electron chi connectivity index (χ3n) is 5.98. The number of anilines is 2. The van der Waals surface area contributed by atoms with E-state index < -0.39 is 5.82 Å². The average Bonchev–Trinajstić information content (AvgIpc) is 3.34. The Morgan fingerprint density at radius 2 is 2.00 bits per heavy atom. The van der Waals surface area contributed by atoms with Gasteiger partial charge in [0.25, 0.3) is 5.91 Å². The van der Waals surface area contributed by atoms with E-state index in [1.165, 1.54) is 6.07 Å². The molecule has 0 fully saturated rings. The van der Waals surface area contributed by atoms with E-state index in [2.05, 4.69) is 20.6 Å². The lowest BCUT2D eigenvalue weighted by atomic mass is 9.96. The zero-order chi connectivity index (χ0) is 21.8. The number of ether oxygens (including phenoxy) is 1. The highest BCUT2D eigenvalue weighted by atomic mass is 19.1. The zero-order valence-electron chi connectivity index (χ0n) is 17.3. The molecule has 4 aromatic rings. The van der Waals surface area contributed by atoms with E-state index in [9.17, 15) is 4.79 Å². The molecule has 0 aliphatic carbocycles. The summed E-state index contributed by atoms with van der Waals surface area (Å²) in [5.41, 5.74) is 6.08. The summed E-state index contributed by atoms with van der Waals surface area (Å²) in [5.74, 6) is -0.154. The molecule has 158 valence electrons. The van der Waals surface area contributed by atoms with E-state index in [0.717, 1.165) is 27.8 Å². The largest absolute Gasteiger partial charge is 0.474 e. The third-order valence-corrected chi connectivity index (χ3v) is 5.98. The fourth-order valence-corrected chi connectivity index (χ4v) is 4.38. The Balaban J connectivity index is 1.48.